The fraction of sp³-hybridized carbons (Fsp3) is 0.364. The Labute approximate surface area is 118 Å². The number of halogens is 1. The number of nitro benzene ring substituents is 1. The zero-order chi connectivity index (χ0) is 13.7. The second kappa shape index (κ2) is 6.53. The molecule has 0 amide bonds. The van der Waals surface area contributed by atoms with Gasteiger partial charge in [0.15, 0.2) is 4.11 Å². The predicted octanol–water partition coefficient (Wildman–Crippen LogP) is 3.53. The number of alkyl halides is 1. The van der Waals surface area contributed by atoms with Crippen molar-refractivity contribution in [2.45, 2.75) is 18.0 Å². The summed E-state index contributed by atoms with van der Waals surface area (Å²) in [4.78, 5) is 21.3. The van der Waals surface area contributed by atoms with E-state index < -0.39 is 11.1 Å². The summed E-state index contributed by atoms with van der Waals surface area (Å²) in [5.74, 6) is 0.382. The summed E-state index contributed by atoms with van der Waals surface area (Å²) in [6.45, 7) is 3.83. The third-order valence-electron chi connectivity index (χ3n) is 1.98. The van der Waals surface area contributed by atoms with Gasteiger partial charge in [-0.05, 0) is 40.6 Å². The molecule has 1 unspecified atom stereocenters. The quantitative estimate of drug-likeness (QED) is 0.204. The van der Waals surface area contributed by atoms with Crippen molar-refractivity contribution in [3.63, 3.8) is 0 Å². The number of carbonyl (C=O) groups is 1. The maximum Gasteiger partial charge on any atom is 0.514 e. The Hall–Kier alpha value is -1.38. The van der Waals surface area contributed by atoms with Crippen molar-refractivity contribution >= 4 is 34.4 Å². The summed E-state index contributed by atoms with van der Waals surface area (Å²) in [7, 11) is 0. The summed E-state index contributed by atoms with van der Waals surface area (Å²) in [5.41, 5.74) is -0.0651. The van der Waals surface area contributed by atoms with Crippen LogP contribution in [0, 0.1) is 16.0 Å². The minimum atomic E-state index is -0.822. The molecule has 1 atom stereocenters. The first-order chi connectivity index (χ1) is 8.40. The van der Waals surface area contributed by atoms with Crippen LogP contribution in [-0.4, -0.2) is 15.2 Å². The van der Waals surface area contributed by atoms with Gasteiger partial charge in [-0.25, -0.2) is 4.79 Å². The van der Waals surface area contributed by atoms with E-state index in [-0.39, 0.29) is 21.5 Å². The molecule has 1 rings (SSSR count). The average molecular weight is 365 g/mol. The van der Waals surface area contributed by atoms with Gasteiger partial charge in [-0.3, -0.25) is 10.1 Å². The molecule has 6 nitrogen and oxygen atoms in total. The number of nitro groups is 1. The van der Waals surface area contributed by atoms with Crippen LogP contribution in [0.25, 0.3) is 0 Å². The summed E-state index contributed by atoms with van der Waals surface area (Å²) >= 11 is 1.99. The van der Waals surface area contributed by atoms with Crippen molar-refractivity contribution < 1.29 is 19.2 Å². The zero-order valence-electron chi connectivity index (χ0n) is 9.83. The highest BCUT2D eigenvalue weighted by molar-refractivity contribution is 14.1. The summed E-state index contributed by atoms with van der Waals surface area (Å²) in [6.07, 6.45) is -0.822. The van der Waals surface area contributed by atoms with Gasteiger partial charge in [0.2, 0.25) is 0 Å². The third-order valence-corrected chi connectivity index (χ3v) is 3.67. The Morgan fingerprint density at radius 1 is 1.33 bits per heavy atom. The van der Waals surface area contributed by atoms with Crippen molar-refractivity contribution in [3.05, 3.63) is 34.4 Å². The Balaban J connectivity index is 2.57. The molecule has 0 heterocycles. The molecular formula is C11H12INO5. The molecule has 0 aliphatic rings. The van der Waals surface area contributed by atoms with Gasteiger partial charge in [0.05, 0.1) is 4.92 Å². The van der Waals surface area contributed by atoms with E-state index in [0.717, 1.165) is 0 Å². The Kier molecular flexibility index (Phi) is 5.32. The standard InChI is InChI=1S/C11H12INO5/c1-7(2)10(12)18-11(14)17-9-5-3-8(4-6-9)13(15)16/h3-7,10H,1-2H3. The number of ether oxygens (including phenoxy) is 2. The van der Waals surface area contributed by atoms with E-state index in [1.165, 1.54) is 24.3 Å². The minimum absolute atomic E-state index is 0.0651. The lowest BCUT2D eigenvalue weighted by Crippen LogP contribution is -2.20. The van der Waals surface area contributed by atoms with Gasteiger partial charge < -0.3 is 9.47 Å². The fourth-order valence-corrected chi connectivity index (χ4v) is 1.19. The van der Waals surface area contributed by atoms with Gasteiger partial charge in [-0.15, -0.1) is 0 Å². The Morgan fingerprint density at radius 3 is 2.33 bits per heavy atom. The first kappa shape index (κ1) is 14.7. The number of carbonyl (C=O) groups excluding carboxylic acids is 1. The number of rotatable bonds is 4. The van der Waals surface area contributed by atoms with Crippen LogP contribution in [0.1, 0.15) is 13.8 Å². The normalized spacial score (nSPS) is 12.0. The number of hydrogen-bond donors (Lipinski definition) is 0. The van der Waals surface area contributed by atoms with Crippen LogP contribution in [0.15, 0.2) is 24.3 Å². The van der Waals surface area contributed by atoms with Gasteiger partial charge in [0, 0.05) is 12.1 Å². The minimum Gasteiger partial charge on any atom is -0.420 e. The summed E-state index contributed by atoms with van der Waals surface area (Å²) in [5, 5.41) is 10.4. The molecule has 0 saturated heterocycles. The molecule has 0 spiro atoms. The molecule has 0 fully saturated rings. The van der Waals surface area contributed by atoms with Gasteiger partial charge in [0.25, 0.3) is 5.69 Å². The van der Waals surface area contributed by atoms with Crippen LogP contribution in [0.3, 0.4) is 0 Å². The van der Waals surface area contributed by atoms with Crippen molar-refractivity contribution in [3.8, 4) is 5.75 Å². The Morgan fingerprint density at radius 2 is 1.89 bits per heavy atom. The molecule has 98 valence electrons. The lowest BCUT2D eigenvalue weighted by Gasteiger charge is -2.14. The number of nitrogens with zero attached hydrogens (tertiary/aromatic N) is 1. The average Bonchev–Trinajstić information content (AvgIpc) is 2.29. The smallest absolute Gasteiger partial charge is 0.420 e. The number of non-ortho nitro benzene ring substituents is 1. The van der Waals surface area contributed by atoms with E-state index in [1.54, 1.807) is 0 Å². The molecule has 18 heavy (non-hydrogen) atoms. The first-order valence-corrected chi connectivity index (χ1v) is 6.41. The predicted molar refractivity (Wildman–Crippen MR) is 72.9 cm³/mol. The third kappa shape index (κ3) is 4.47. The van der Waals surface area contributed by atoms with Crippen LogP contribution in [0.5, 0.6) is 5.75 Å². The van der Waals surface area contributed by atoms with Crippen molar-refractivity contribution in [2.24, 2.45) is 5.92 Å². The lowest BCUT2D eigenvalue weighted by molar-refractivity contribution is -0.384. The van der Waals surface area contributed by atoms with Gasteiger partial charge in [-0.1, -0.05) is 13.8 Å². The Bertz CT molecular complexity index is 432. The molecule has 0 N–H and O–H groups in total. The van der Waals surface area contributed by atoms with Gasteiger partial charge in [0.1, 0.15) is 5.75 Å². The van der Waals surface area contributed by atoms with Crippen molar-refractivity contribution in [1.82, 2.24) is 0 Å². The maximum absolute atomic E-state index is 11.4. The van der Waals surface area contributed by atoms with Crippen LogP contribution in [-0.2, 0) is 4.74 Å². The van der Waals surface area contributed by atoms with E-state index >= 15 is 0 Å². The molecule has 0 bridgehead atoms. The molecule has 7 heteroatoms. The molecular weight excluding hydrogens is 353 g/mol. The highest BCUT2D eigenvalue weighted by Gasteiger charge is 2.16. The highest BCUT2D eigenvalue weighted by Crippen LogP contribution is 2.19. The summed E-state index contributed by atoms with van der Waals surface area (Å²) in [6, 6.07) is 5.20. The van der Waals surface area contributed by atoms with Crippen LogP contribution < -0.4 is 4.74 Å². The van der Waals surface area contributed by atoms with Crippen LogP contribution in [0.4, 0.5) is 10.5 Å². The lowest BCUT2D eigenvalue weighted by atomic mass is 10.2. The second-order valence-corrected chi connectivity index (χ2v) is 5.04. The molecule has 0 radical (unpaired) electrons. The van der Waals surface area contributed by atoms with E-state index in [4.69, 9.17) is 9.47 Å². The summed E-state index contributed by atoms with van der Waals surface area (Å²) < 4.78 is 9.58. The molecule has 0 aliphatic heterocycles. The van der Waals surface area contributed by atoms with E-state index in [0.29, 0.717) is 0 Å². The molecule has 0 aliphatic carbocycles. The fourth-order valence-electron chi connectivity index (χ4n) is 0.984. The monoisotopic (exact) mass is 365 g/mol. The van der Waals surface area contributed by atoms with Gasteiger partial charge >= 0.3 is 6.16 Å². The van der Waals surface area contributed by atoms with Gasteiger partial charge in [-0.2, -0.15) is 0 Å². The molecule has 1 aromatic carbocycles. The van der Waals surface area contributed by atoms with Crippen LogP contribution >= 0.6 is 22.6 Å². The number of hydrogen-bond acceptors (Lipinski definition) is 5. The zero-order valence-corrected chi connectivity index (χ0v) is 12.0. The van der Waals surface area contributed by atoms with E-state index in [2.05, 4.69) is 0 Å². The largest absolute Gasteiger partial charge is 0.514 e. The number of benzene rings is 1. The highest BCUT2D eigenvalue weighted by atomic mass is 127. The van der Waals surface area contributed by atoms with Crippen molar-refractivity contribution in [1.29, 1.82) is 0 Å². The first-order valence-electron chi connectivity index (χ1n) is 5.17. The second-order valence-electron chi connectivity index (χ2n) is 3.82. The molecule has 0 aromatic heterocycles. The topological polar surface area (TPSA) is 78.7 Å². The van der Waals surface area contributed by atoms with Crippen molar-refractivity contribution in [2.75, 3.05) is 0 Å². The van der Waals surface area contributed by atoms with E-state index in [1.807, 2.05) is 36.4 Å². The molecule has 0 saturated carbocycles. The SMILES string of the molecule is CC(C)C(I)OC(=O)Oc1ccc([N+](=O)[O-])cc1. The van der Waals surface area contributed by atoms with E-state index in [9.17, 15) is 14.9 Å². The molecule has 1 aromatic rings. The maximum atomic E-state index is 11.4. The van der Waals surface area contributed by atoms with Crippen LogP contribution in [0.2, 0.25) is 0 Å².